The van der Waals surface area contributed by atoms with Gasteiger partial charge in [0.2, 0.25) is 5.79 Å². The molecule has 0 saturated carbocycles. The Bertz CT molecular complexity index is 306. The molecular weight excluding hydrogens is 170 g/mol. The summed E-state index contributed by atoms with van der Waals surface area (Å²) in [5.41, 5.74) is 0. The molecule has 68 valence electrons. The summed E-state index contributed by atoms with van der Waals surface area (Å²) in [5.74, 6) is -0.398. The lowest BCUT2D eigenvalue weighted by atomic mass is 10.1. The second-order valence-electron chi connectivity index (χ2n) is 2.76. The Labute approximate surface area is 75.7 Å². The van der Waals surface area contributed by atoms with Crippen LogP contribution in [0, 0.1) is 11.3 Å². The SMILES string of the molecule is N#CCC1(c2ccco2)OCCO1. The van der Waals surface area contributed by atoms with Gasteiger partial charge in [0.1, 0.15) is 0 Å². The Morgan fingerprint density at radius 1 is 1.46 bits per heavy atom. The number of hydrogen-bond acceptors (Lipinski definition) is 4. The molecule has 2 rings (SSSR count). The second kappa shape index (κ2) is 3.21. The summed E-state index contributed by atoms with van der Waals surface area (Å²) in [4.78, 5) is 0. The zero-order chi connectivity index (χ0) is 9.15. The van der Waals surface area contributed by atoms with Gasteiger partial charge < -0.3 is 13.9 Å². The van der Waals surface area contributed by atoms with Gasteiger partial charge in [-0.1, -0.05) is 0 Å². The fourth-order valence-electron chi connectivity index (χ4n) is 1.39. The van der Waals surface area contributed by atoms with Crippen LogP contribution in [-0.4, -0.2) is 13.2 Å². The van der Waals surface area contributed by atoms with E-state index in [1.54, 1.807) is 18.4 Å². The van der Waals surface area contributed by atoms with Crippen molar-refractivity contribution in [2.24, 2.45) is 0 Å². The van der Waals surface area contributed by atoms with Crippen molar-refractivity contribution >= 4 is 0 Å². The minimum absolute atomic E-state index is 0.153. The molecule has 2 heterocycles. The standard InChI is InChI=1S/C9H9NO3/c10-4-3-9(12-6-7-13-9)8-2-1-5-11-8/h1-2,5H,3,6-7H2. The maximum atomic E-state index is 8.64. The number of nitriles is 1. The lowest BCUT2D eigenvalue weighted by Crippen LogP contribution is -2.25. The predicted molar refractivity (Wildman–Crippen MR) is 42.5 cm³/mol. The molecule has 1 aliphatic rings. The smallest absolute Gasteiger partial charge is 0.241 e. The molecule has 1 aromatic rings. The van der Waals surface area contributed by atoms with Gasteiger partial charge in [-0.25, -0.2) is 0 Å². The third-order valence-corrected chi connectivity index (χ3v) is 1.96. The van der Waals surface area contributed by atoms with Crippen molar-refractivity contribution in [2.45, 2.75) is 12.2 Å². The molecule has 0 bridgehead atoms. The highest BCUT2D eigenvalue weighted by Crippen LogP contribution is 2.34. The first-order valence-electron chi connectivity index (χ1n) is 4.06. The van der Waals surface area contributed by atoms with E-state index in [0.29, 0.717) is 19.0 Å². The Hall–Kier alpha value is -1.31. The molecule has 0 aliphatic carbocycles. The van der Waals surface area contributed by atoms with Crippen LogP contribution >= 0.6 is 0 Å². The number of furan rings is 1. The molecule has 0 unspecified atom stereocenters. The van der Waals surface area contributed by atoms with Gasteiger partial charge in [-0.3, -0.25) is 0 Å². The monoisotopic (exact) mass is 179 g/mol. The first-order valence-corrected chi connectivity index (χ1v) is 4.06. The van der Waals surface area contributed by atoms with Gasteiger partial charge >= 0.3 is 0 Å². The first kappa shape index (κ1) is 8.30. The van der Waals surface area contributed by atoms with Crippen molar-refractivity contribution in [3.8, 4) is 6.07 Å². The van der Waals surface area contributed by atoms with Crippen molar-refractivity contribution in [1.29, 1.82) is 5.26 Å². The minimum Gasteiger partial charge on any atom is -0.464 e. The van der Waals surface area contributed by atoms with Gasteiger partial charge in [0, 0.05) is 0 Å². The van der Waals surface area contributed by atoms with E-state index < -0.39 is 5.79 Å². The van der Waals surface area contributed by atoms with Crippen molar-refractivity contribution < 1.29 is 13.9 Å². The zero-order valence-corrected chi connectivity index (χ0v) is 7.03. The summed E-state index contributed by atoms with van der Waals surface area (Å²) >= 11 is 0. The highest BCUT2D eigenvalue weighted by atomic mass is 16.7. The van der Waals surface area contributed by atoms with Crippen LogP contribution in [0.2, 0.25) is 0 Å². The van der Waals surface area contributed by atoms with Crippen molar-refractivity contribution in [3.63, 3.8) is 0 Å². The molecule has 1 fully saturated rings. The van der Waals surface area contributed by atoms with Crippen LogP contribution < -0.4 is 0 Å². The average Bonchev–Trinajstić information content (AvgIpc) is 2.73. The molecule has 0 amide bonds. The van der Waals surface area contributed by atoms with Gasteiger partial charge in [0.05, 0.1) is 32.0 Å². The first-order chi connectivity index (χ1) is 6.37. The fourth-order valence-corrected chi connectivity index (χ4v) is 1.39. The molecule has 0 N–H and O–H groups in total. The number of hydrogen-bond donors (Lipinski definition) is 0. The lowest BCUT2D eigenvalue weighted by Gasteiger charge is -2.21. The average molecular weight is 179 g/mol. The summed E-state index contributed by atoms with van der Waals surface area (Å²) in [6.45, 7) is 1.00. The van der Waals surface area contributed by atoms with E-state index in [1.807, 2.05) is 6.07 Å². The van der Waals surface area contributed by atoms with E-state index in [9.17, 15) is 0 Å². The van der Waals surface area contributed by atoms with Crippen LogP contribution in [0.5, 0.6) is 0 Å². The highest BCUT2D eigenvalue weighted by molar-refractivity contribution is 5.09. The topological polar surface area (TPSA) is 55.4 Å². The summed E-state index contributed by atoms with van der Waals surface area (Å²) < 4.78 is 15.9. The molecule has 4 nitrogen and oxygen atoms in total. The molecule has 1 aromatic heterocycles. The number of rotatable bonds is 2. The zero-order valence-electron chi connectivity index (χ0n) is 7.03. The summed E-state index contributed by atoms with van der Waals surface area (Å²) in [7, 11) is 0. The van der Waals surface area contributed by atoms with Crippen LogP contribution in [0.15, 0.2) is 22.8 Å². The van der Waals surface area contributed by atoms with Crippen molar-refractivity contribution in [2.75, 3.05) is 13.2 Å². The third-order valence-electron chi connectivity index (χ3n) is 1.96. The van der Waals surface area contributed by atoms with E-state index in [0.717, 1.165) is 0 Å². The Morgan fingerprint density at radius 2 is 2.23 bits per heavy atom. The number of nitrogens with zero attached hydrogens (tertiary/aromatic N) is 1. The van der Waals surface area contributed by atoms with E-state index in [2.05, 4.69) is 0 Å². The number of ether oxygens (including phenoxy) is 2. The maximum absolute atomic E-state index is 8.64. The summed E-state index contributed by atoms with van der Waals surface area (Å²) in [6, 6.07) is 5.53. The molecule has 0 radical (unpaired) electrons. The van der Waals surface area contributed by atoms with Gasteiger partial charge in [-0.05, 0) is 12.1 Å². The minimum atomic E-state index is -0.960. The second-order valence-corrected chi connectivity index (χ2v) is 2.76. The third kappa shape index (κ3) is 1.32. The lowest BCUT2D eigenvalue weighted by molar-refractivity contribution is -0.174. The van der Waals surface area contributed by atoms with E-state index in [4.69, 9.17) is 19.2 Å². The van der Waals surface area contributed by atoms with Gasteiger partial charge in [0.15, 0.2) is 5.76 Å². The van der Waals surface area contributed by atoms with Crippen molar-refractivity contribution in [3.05, 3.63) is 24.2 Å². The highest BCUT2D eigenvalue weighted by Gasteiger charge is 2.41. The largest absolute Gasteiger partial charge is 0.464 e. The van der Waals surface area contributed by atoms with Gasteiger partial charge in [-0.15, -0.1) is 0 Å². The summed E-state index contributed by atoms with van der Waals surface area (Å²) in [6.07, 6.45) is 1.69. The molecule has 1 aliphatic heterocycles. The van der Waals surface area contributed by atoms with Crippen LogP contribution in [0.25, 0.3) is 0 Å². The van der Waals surface area contributed by atoms with Gasteiger partial charge in [-0.2, -0.15) is 5.26 Å². The molecule has 0 aromatic carbocycles. The van der Waals surface area contributed by atoms with Gasteiger partial charge in [0.25, 0.3) is 0 Å². The maximum Gasteiger partial charge on any atom is 0.241 e. The molecule has 0 spiro atoms. The molecular formula is C9H9NO3. The van der Waals surface area contributed by atoms with E-state index >= 15 is 0 Å². The van der Waals surface area contributed by atoms with E-state index in [-0.39, 0.29) is 6.42 Å². The normalized spacial score (nSPS) is 19.9. The van der Waals surface area contributed by atoms with Crippen LogP contribution in [0.3, 0.4) is 0 Å². The summed E-state index contributed by atoms with van der Waals surface area (Å²) in [5, 5.41) is 8.64. The molecule has 13 heavy (non-hydrogen) atoms. The van der Waals surface area contributed by atoms with Crippen LogP contribution in [0.4, 0.5) is 0 Å². The molecule has 0 atom stereocenters. The Morgan fingerprint density at radius 3 is 2.77 bits per heavy atom. The molecule has 4 heteroatoms. The van der Waals surface area contributed by atoms with Crippen LogP contribution in [-0.2, 0) is 15.3 Å². The fraction of sp³-hybridized carbons (Fsp3) is 0.444. The predicted octanol–water partition coefficient (Wildman–Crippen LogP) is 1.39. The van der Waals surface area contributed by atoms with Crippen molar-refractivity contribution in [1.82, 2.24) is 0 Å². The van der Waals surface area contributed by atoms with Crippen LogP contribution in [0.1, 0.15) is 12.2 Å². The van der Waals surface area contributed by atoms with E-state index in [1.165, 1.54) is 0 Å². The quantitative estimate of drug-likeness (QED) is 0.688. The molecule has 1 saturated heterocycles. The Kier molecular flexibility index (Phi) is 2.05. The Balaban J connectivity index is 2.29.